The Morgan fingerprint density at radius 1 is 1.14 bits per heavy atom. The molecule has 2 aliphatic rings. The second kappa shape index (κ2) is 8.19. The average molecular weight is 397 g/mol. The second-order valence-corrected chi connectivity index (χ2v) is 8.97. The summed E-state index contributed by atoms with van der Waals surface area (Å²) < 4.78 is 0. The van der Waals surface area contributed by atoms with Gasteiger partial charge in [0.05, 0.1) is 11.5 Å². The number of carbonyl (C=O) groups is 1. The zero-order valence-corrected chi connectivity index (χ0v) is 17.5. The smallest absolute Gasteiger partial charge is 0.263 e. The van der Waals surface area contributed by atoms with Crippen molar-refractivity contribution < 1.29 is 9.90 Å². The van der Waals surface area contributed by atoms with E-state index in [0.29, 0.717) is 6.54 Å². The number of likely N-dealkylation sites (tertiary alicyclic amines) is 1. The molecule has 0 bridgehead atoms. The van der Waals surface area contributed by atoms with Crippen molar-refractivity contribution in [2.24, 2.45) is 0 Å². The second-order valence-electron chi connectivity index (χ2n) is 7.84. The Kier molecular flexibility index (Phi) is 5.67. The molecule has 0 radical (unpaired) electrons. The van der Waals surface area contributed by atoms with Crippen LogP contribution >= 0.6 is 11.3 Å². The molecule has 1 fully saturated rings. The number of carbonyl (C=O) groups excluding carboxylic acids is 1. The van der Waals surface area contributed by atoms with Crippen LogP contribution in [0.3, 0.4) is 0 Å². The molecule has 0 saturated carbocycles. The molecule has 28 heavy (non-hydrogen) atoms. The largest absolute Gasteiger partial charge is 0.395 e. The minimum Gasteiger partial charge on any atom is -0.395 e. The molecule has 1 aromatic heterocycles. The van der Waals surface area contributed by atoms with Crippen LogP contribution in [0.15, 0.2) is 35.9 Å². The number of amides is 1. The first kappa shape index (κ1) is 19.4. The number of fused-ring (bicyclic) bond motifs is 2. The Bertz CT molecular complexity index is 905. The summed E-state index contributed by atoms with van der Waals surface area (Å²) in [6, 6.07) is 10.9. The predicted octanol–water partition coefficient (Wildman–Crippen LogP) is 3.44. The van der Waals surface area contributed by atoms with E-state index in [1.54, 1.807) is 23.3 Å². The van der Waals surface area contributed by atoms with Gasteiger partial charge in [-0.2, -0.15) is 0 Å². The third-order valence-electron chi connectivity index (χ3n) is 5.92. The molecular formula is C23H28N2O2S. The molecule has 1 aliphatic carbocycles. The molecule has 1 aliphatic heterocycles. The van der Waals surface area contributed by atoms with Gasteiger partial charge in [0, 0.05) is 31.6 Å². The number of thiophene rings is 1. The SMILES string of the molecule is CN1CCC(=C2c3ccccc3CCc3sc(C(=O)N(C)CCO)cc32)CC1. The summed E-state index contributed by atoms with van der Waals surface area (Å²) in [5.41, 5.74) is 6.92. The molecule has 0 unspecified atom stereocenters. The molecule has 4 nitrogen and oxygen atoms in total. The number of aliphatic hydroxyl groups is 1. The van der Waals surface area contributed by atoms with E-state index in [0.717, 1.165) is 43.6 Å². The molecule has 148 valence electrons. The van der Waals surface area contributed by atoms with Crippen LogP contribution in [0, 0.1) is 0 Å². The van der Waals surface area contributed by atoms with Crippen molar-refractivity contribution in [3.8, 4) is 0 Å². The maximum Gasteiger partial charge on any atom is 0.263 e. The lowest BCUT2D eigenvalue weighted by atomic mass is 9.87. The summed E-state index contributed by atoms with van der Waals surface area (Å²) in [5, 5.41) is 9.17. The average Bonchev–Trinajstić information content (AvgIpc) is 3.05. The van der Waals surface area contributed by atoms with Gasteiger partial charge >= 0.3 is 0 Å². The van der Waals surface area contributed by atoms with Crippen molar-refractivity contribution in [3.63, 3.8) is 0 Å². The fourth-order valence-electron chi connectivity index (χ4n) is 4.27. The molecule has 1 aromatic carbocycles. The number of piperidine rings is 1. The zero-order valence-electron chi connectivity index (χ0n) is 16.7. The molecule has 0 spiro atoms. The van der Waals surface area contributed by atoms with Crippen LogP contribution in [0.25, 0.3) is 5.57 Å². The van der Waals surface area contributed by atoms with Gasteiger partial charge in [0.15, 0.2) is 0 Å². The van der Waals surface area contributed by atoms with Crippen LogP contribution < -0.4 is 0 Å². The zero-order chi connectivity index (χ0) is 19.7. The molecular weight excluding hydrogens is 368 g/mol. The standard InChI is InChI=1S/C23H28N2O2S/c1-24-11-9-17(10-12-24)22-18-6-4-3-5-16(18)7-8-20-19(22)15-21(28-20)23(27)25(2)13-14-26/h3-6,15,26H,7-14H2,1-2H3. The van der Waals surface area contributed by atoms with Crippen LogP contribution in [0.1, 0.15) is 44.1 Å². The third-order valence-corrected chi connectivity index (χ3v) is 7.11. The highest BCUT2D eigenvalue weighted by molar-refractivity contribution is 7.14. The van der Waals surface area contributed by atoms with E-state index >= 15 is 0 Å². The molecule has 2 heterocycles. The maximum atomic E-state index is 12.8. The fourth-order valence-corrected chi connectivity index (χ4v) is 5.43. The highest BCUT2D eigenvalue weighted by atomic mass is 32.1. The predicted molar refractivity (Wildman–Crippen MR) is 115 cm³/mol. The van der Waals surface area contributed by atoms with Crippen molar-refractivity contribution in [2.45, 2.75) is 25.7 Å². The molecule has 1 saturated heterocycles. The van der Waals surface area contributed by atoms with E-state index < -0.39 is 0 Å². The highest BCUT2D eigenvalue weighted by Gasteiger charge is 2.26. The molecule has 1 N–H and O–H groups in total. The topological polar surface area (TPSA) is 43.8 Å². The van der Waals surface area contributed by atoms with Crippen LogP contribution in [0.5, 0.6) is 0 Å². The Balaban J connectivity index is 1.81. The van der Waals surface area contributed by atoms with Crippen molar-refractivity contribution in [1.82, 2.24) is 9.80 Å². The van der Waals surface area contributed by atoms with Crippen molar-refractivity contribution in [1.29, 1.82) is 0 Å². The van der Waals surface area contributed by atoms with E-state index in [9.17, 15) is 9.90 Å². The molecule has 4 rings (SSSR count). The van der Waals surface area contributed by atoms with Crippen molar-refractivity contribution >= 4 is 22.8 Å². The number of benzene rings is 1. The lowest BCUT2D eigenvalue weighted by molar-refractivity contribution is 0.0771. The lowest BCUT2D eigenvalue weighted by Gasteiger charge is -2.27. The summed E-state index contributed by atoms with van der Waals surface area (Å²) in [7, 11) is 3.95. The van der Waals surface area contributed by atoms with Gasteiger partial charge in [0.1, 0.15) is 0 Å². The fraction of sp³-hybridized carbons (Fsp3) is 0.435. The van der Waals surface area contributed by atoms with Gasteiger partial charge in [0.25, 0.3) is 5.91 Å². The van der Waals surface area contributed by atoms with Gasteiger partial charge < -0.3 is 14.9 Å². The maximum absolute atomic E-state index is 12.8. The van der Waals surface area contributed by atoms with Gasteiger partial charge in [-0.25, -0.2) is 0 Å². The first-order valence-corrected chi connectivity index (χ1v) is 10.9. The van der Waals surface area contributed by atoms with E-state index in [4.69, 9.17) is 0 Å². The minimum atomic E-state index is -0.0104. The van der Waals surface area contributed by atoms with Gasteiger partial charge in [-0.1, -0.05) is 29.8 Å². The number of hydrogen-bond donors (Lipinski definition) is 1. The lowest BCUT2D eigenvalue weighted by Crippen LogP contribution is -2.28. The molecule has 0 atom stereocenters. The number of nitrogens with zero attached hydrogens (tertiary/aromatic N) is 2. The normalized spacial score (nSPS) is 17.1. The first-order chi connectivity index (χ1) is 13.6. The van der Waals surface area contributed by atoms with Gasteiger partial charge in [-0.3, -0.25) is 4.79 Å². The number of rotatable bonds is 3. The van der Waals surface area contributed by atoms with Crippen LogP contribution in [-0.4, -0.2) is 61.2 Å². The first-order valence-electron chi connectivity index (χ1n) is 10.1. The minimum absolute atomic E-state index is 0.00753. The Hall–Kier alpha value is -1.95. The number of aryl methyl sites for hydroxylation is 2. The van der Waals surface area contributed by atoms with Crippen LogP contribution in [0.2, 0.25) is 0 Å². The summed E-state index contributed by atoms with van der Waals surface area (Å²) >= 11 is 1.63. The van der Waals surface area contributed by atoms with E-state index in [1.165, 1.54) is 32.7 Å². The van der Waals surface area contributed by atoms with E-state index in [1.807, 2.05) is 0 Å². The number of hydrogen-bond acceptors (Lipinski definition) is 4. The van der Waals surface area contributed by atoms with Crippen LogP contribution in [-0.2, 0) is 12.8 Å². The van der Waals surface area contributed by atoms with E-state index in [2.05, 4.69) is 42.3 Å². The van der Waals surface area contributed by atoms with Gasteiger partial charge in [-0.15, -0.1) is 11.3 Å². The summed E-state index contributed by atoms with van der Waals surface area (Å²) in [5.74, 6) is 0.00753. The number of likely N-dealkylation sites (N-methyl/N-ethyl adjacent to an activating group) is 1. The highest BCUT2D eigenvalue weighted by Crippen LogP contribution is 2.41. The van der Waals surface area contributed by atoms with Crippen molar-refractivity contribution in [3.05, 3.63) is 62.3 Å². The Morgan fingerprint density at radius 2 is 1.89 bits per heavy atom. The van der Waals surface area contributed by atoms with Gasteiger partial charge in [0.2, 0.25) is 0 Å². The van der Waals surface area contributed by atoms with Gasteiger partial charge in [-0.05, 0) is 61.1 Å². The molecule has 1 amide bonds. The van der Waals surface area contributed by atoms with Crippen LogP contribution in [0.4, 0.5) is 0 Å². The quantitative estimate of drug-likeness (QED) is 0.864. The molecule has 2 aromatic rings. The molecule has 5 heteroatoms. The summed E-state index contributed by atoms with van der Waals surface area (Å²) in [6.07, 6.45) is 4.16. The third kappa shape index (κ3) is 3.66. The van der Waals surface area contributed by atoms with Crippen molar-refractivity contribution in [2.75, 3.05) is 40.3 Å². The Morgan fingerprint density at radius 3 is 2.64 bits per heavy atom. The monoisotopic (exact) mass is 396 g/mol. The van der Waals surface area contributed by atoms with E-state index in [-0.39, 0.29) is 12.5 Å². The summed E-state index contributed by atoms with van der Waals surface area (Å²) in [4.78, 5) is 18.9. The summed E-state index contributed by atoms with van der Waals surface area (Å²) in [6.45, 7) is 2.53. The number of aliphatic hydroxyl groups excluding tert-OH is 1. The Labute approximate surface area is 171 Å².